The summed E-state index contributed by atoms with van der Waals surface area (Å²) in [6.45, 7) is 4.90. The van der Waals surface area contributed by atoms with Gasteiger partial charge in [0.1, 0.15) is 18.5 Å². The van der Waals surface area contributed by atoms with E-state index in [9.17, 15) is 18.4 Å². The van der Waals surface area contributed by atoms with Gasteiger partial charge in [-0.3, -0.25) is 9.59 Å². The van der Waals surface area contributed by atoms with E-state index in [0.717, 1.165) is 0 Å². The van der Waals surface area contributed by atoms with Crippen molar-refractivity contribution in [3.05, 3.63) is 65.5 Å². The summed E-state index contributed by atoms with van der Waals surface area (Å²) in [4.78, 5) is 33.5. The molecule has 3 heterocycles. The molecule has 1 fully saturated rings. The van der Waals surface area contributed by atoms with Crippen LogP contribution in [0.5, 0.6) is 0 Å². The summed E-state index contributed by atoms with van der Waals surface area (Å²) < 4.78 is 28.8. The van der Waals surface area contributed by atoms with E-state index < -0.39 is 30.1 Å². The zero-order valence-corrected chi connectivity index (χ0v) is 19.1. The largest absolute Gasteiger partial charge is 0.342 e. The van der Waals surface area contributed by atoms with E-state index in [4.69, 9.17) is 0 Å². The van der Waals surface area contributed by atoms with E-state index in [-0.39, 0.29) is 30.5 Å². The number of aromatic amines is 1. The molecule has 0 unspecified atom stereocenters. The highest BCUT2D eigenvalue weighted by Crippen LogP contribution is 2.28. The van der Waals surface area contributed by atoms with Crippen LogP contribution in [0.15, 0.2) is 42.7 Å². The lowest BCUT2D eigenvalue weighted by Crippen LogP contribution is -2.46. The number of amides is 2. The van der Waals surface area contributed by atoms with Gasteiger partial charge in [-0.1, -0.05) is 38.1 Å². The van der Waals surface area contributed by atoms with E-state index in [1.807, 2.05) is 19.9 Å². The van der Waals surface area contributed by atoms with Crippen LogP contribution in [-0.2, 0) is 9.59 Å². The lowest BCUT2D eigenvalue weighted by Gasteiger charge is -2.26. The third-order valence-electron chi connectivity index (χ3n) is 5.97. The maximum atomic E-state index is 14.8. The van der Waals surface area contributed by atoms with Crippen LogP contribution in [-0.4, -0.2) is 55.6 Å². The number of H-pyrrole nitrogens is 1. The number of alkyl halides is 1. The number of carbonyl (C=O) groups is 2. The zero-order chi connectivity index (χ0) is 24.4. The van der Waals surface area contributed by atoms with Gasteiger partial charge in [0.2, 0.25) is 17.8 Å². The molecule has 8 nitrogen and oxygen atoms in total. The van der Waals surface area contributed by atoms with Gasteiger partial charge in [-0.2, -0.15) is 4.39 Å². The Balaban J connectivity index is 1.72. The van der Waals surface area contributed by atoms with Gasteiger partial charge in [0.05, 0.1) is 18.3 Å². The van der Waals surface area contributed by atoms with Crippen molar-refractivity contribution in [2.45, 2.75) is 51.4 Å². The molecule has 0 radical (unpaired) electrons. The van der Waals surface area contributed by atoms with Gasteiger partial charge in [0.15, 0.2) is 5.82 Å². The number of rotatable bonds is 6. The molecule has 178 valence electrons. The van der Waals surface area contributed by atoms with Crippen LogP contribution in [0, 0.1) is 5.95 Å². The number of hydrogen-bond acceptors (Lipinski definition) is 5. The summed E-state index contributed by atoms with van der Waals surface area (Å²) in [6, 6.07) is 8.69. The second kappa shape index (κ2) is 9.66. The molecular weight excluding hydrogens is 442 g/mol. The number of nitrogens with zero attached hydrogens (tertiary/aromatic N) is 4. The van der Waals surface area contributed by atoms with Crippen LogP contribution in [0.2, 0.25) is 0 Å². The molecular formula is C24H26F2N6O2. The van der Waals surface area contributed by atoms with Gasteiger partial charge < -0.3 is 15.2 Å². The molecule has 2 amide bonds. The van der Waals surface area contributed by atoms with Crippen LogP contribution in [0.3, 0.4) is 0 Å². The highest BCUT2D eigenvalue weighted by atomic mass is 19.1. The second-order valence-corrected chi connectivity index (χ2v) is 8.70. The third kappa shape index (κ3) is 4.80. The number of carbonyl (C=O) groups excluding carboxylic acids is 2. The van der Waals surface area contributed by atoms with Crippen LogP contribution in [0.25, 0.3) is 11.4 Å². The van der Waals surface area contributed by atoms with Crippen molar-refractivity contribution in [2.24, 2.45) is 0 Å². The Labute approximate surface area is 195 Å². The Kier molecular flexibility index (Phi) is 6.67. The topological polar surface area (TPSA) is 104 Å². The molecule has 2 N–H and O–H groups in total. The van der Waals surface area contributed by atoms with E-state index in [1.165, 1.54) is 18.2 Å². The molecule has 3 atom stereocenters. The number of likely N-dealkylation sites (tertiary alicyclic amines) is 1. The van der Waals surface area contributed by atoms with Gasteiger partial charge in [-0.25, -0.2) is 9.37 Å². The molecule has 1 aromatic carbocycles. The van der Waals surface area contributed by atoms with Gasteiger partial charge in [-0.05, 0) is 23.6 Å². The molecule has 2 aromatic heterocycles. The van der Waals surface area contributed by atoms with Crippen molar-refractivity contribution in [3.63, 3.8) is 0 Å². The molecule has 0 saturated carbocycles. The predicted octanol–water partition coefficient (Wildman–Crippen LogP) is 3.29. The van der Waals surface area contributed by atoms with Crippen molar-refractivity contribution in [1.29, 1.82) is 0 Å². The van der Waals surface area contributed by atoms with Crippen molar-refractivity contribution in [1.82, 2.24) is 30.4 Å². The molecule has 34 heavy (non-hydrogen) atoms. The standard InChI is InChI=1S/C24H26F2N6O2/c1-13(2)18-7-8-19(29-22(18)26)21(15-5-4-6-16(9-15)23-27-12-28-31-23)30-24(34)20-10-17(25)11-32(20)14(3)33/h4-9,12-13,17,20-21H,10-11H2,1-3H3,(H,30,34)(H,27,28,31)/t17-,20+,21-/m1/s1. The maximum absolute atomic E-state index is 14.8. The Hall–Kier alpha value is -3.69. The Morgan fingerprint density at radius 2 is 2.03 bits per heavy atom. The summed E-state index contributed by atoms with van der Waals surface area (Å²) in [5, 5.41) is 10.7. The average Bonchev–Trinajstić information content (AvgIpc) is 3.47. The van der Waals surface area contributed by atoms with Crippen molar-refractivity contribution in [3.8, 4) is 11.4 Å². The van der Waals surface area contributed by atoms with E-state index >= 15 is 0 Å². The first-order valence-electron chi connectivity index (χ1n) is 11.1. The maximum Gasteiger partial charge on any atom is 0.243 e. The first-order valence-corrected chi connectivity index (χ1v) is 11.1. The number of benzene rings is 1. The fourth-order valence-electron chi connectivity index (χ4n) is 4.21. The van der Waals surface area contributed by atoms with Crippen molar-refractivity contribution >= 4 is 11.8 Å². The highest BCUT2D eigenvalue weighted by Gasteiger charge is 2.39. The molecule has 0 bridgehead atoms. The Bertz CT molecular complexity index is 1180. The molecule has 10 heteroatoms. The zero-order valence-electron chi connectivity index (χ0n) is 19.1. The van der Waals surface area contributed by atoms with E-state index in [2.05, 4.69) is 25.5 Å². The van der Waals surface area contributed by atoms with Gasteiger partial charge >= 0.3 is 0 Å². The molecule has 0 spiro atoms. The third-order valence-corrected chi connectivity index (χ3v) is 5.97. The number of hydrogen-bond donors (Lipinski definition) is 2. The predicted molar refractivity (Wildman–Crippen MR) is 121 cm³/mol. The van der Waals surface area contributed by atoms with Gasteiger partial charge in [0.25, 0.3) is 0 Å². The minimum Gasteiger partial charge on any atom is -0.342 e. The van der Waals surface area contributed by atoms with Crippen molar-refractivity contribution in [2.75, 3.05) is 6.54 Å². The van der Waals surface area contributed by atoms with Crippen LogP contribution >= 0.6 is 0 Å². The molecule has 1 aliphatic heterocycles. The number of aromatic nitrogens is 4. The highest BCUT2D eigenvalue weighted by molar-refractivity contribution is 5.88. The molecule has 1 saturated heterocycles. The summed E-state index contributed by atoms with van der Waals surface area (Å²) in [5.74, 6) is -1.06. The summed E-state index contributed by atoms with van der Waals surface area (Å²) in [7, 11) is 0. The van der Waals surface area contributed by atoms with Crippen LogP contribution in [0.4, 0.5) is 8.78 Å². The van der Waals surface area contributed by atoms with Gasteiger partial charge in [-0.15, -0.1) is 10.2 Å². The monoisotopic (exact) mass is 468 g/mol. The van der Waals surface area contributed by atoms with E-state index in [1.54, 1.807) is 30.3 Å². The number of nitrogens with one attached hydrogen (secondary N) is 2. The molecule has 3 aromatic rings. The lowest BCUT2D eigenvalue weighted by molar-refractivity contribution is -0.137. The number of pyridine rings is 1. The van der Waals surface area contributed by atoms with E-state index in [0.29, 0.717) is 22.5 Å². The van der Waals surface area contributed by atoms with Crippen molar-refractivity contribution < 1.29 is 18.4 Å². The molecule has 1 aliphatic rings. The first-order chi connectivity index (χ1) is 16.2. The average molecular weight is 469 g/mol. The Morgan fingerprint density at radius 1 is 1.24 bits per heavy atom. The first kappa shape index (κ1) is 23.5. The second-order valence-electron chi connectivity index (χ2n) is 8.70. The quantitative estimate of drug-likeness (QED) is 0.541. The minimum atomic E-state index is -1.28. The summed E-state index contributed by atoms with van der Waals surface area (Å²) in [5.41, 5.74) is 2.08. The molecule has 0 aliphatic carbocycles. The Morgan fingerprint density at radius 3 is 2.68 bits per heavy atom. The van der Waals surface area contributed by atoms with Crippen LogP contribution < -0.4 is 5.32 Å². The minimum absolute atomic E-state index is 0.0616. The summed E-state index contributed by atoms with van der Waals surface area (Å²) >= 11 is 0. The van der Waals surface area contributed by atoms with Gasteiger partial charge in [0, 0.05) is 24.5 Å². The number of halogens is 2. The summed E-state index contributed by atoms with van der Waals surface area (Å²) in [6.07, 6.45) is 0.0746. The lowest BCUT2D eigenvalue weighted by atomic mass is 9.98. The fraction of sp³-hybridized carbons (Fsp3) is 0.375. The fourth-order valence-corrected chi connectivity index (χ4v) is 4.21. The smallest absolute Gasteiger partial charge is 0.243 e. The van der Waals surface area contributed by atoms with Crippen LogP contribution in [0.1, 0.15) is 56.0 Å². The SMILES string of the molecule is CC(=O)N1C[C@H](F)C[C@H]1C(=O)N[C@H](c1cccc(-c2nnc[nH]2)c1)c1ccc(C(C)C)c(F)n1. The normalized spacial score (nSPS) is 18.8. The molecule has 4 rings (SSSR count).